The molecule has 0 saturated heterocycles. The predicted molar refractivity (Wildman–Crippen MR) is 110 cm³/mol. The van der Waals surface area contributed by atoms with Crippen molar-refractivity contribution in [2.45, 2.75) is 6.54 Å². The third kappa shape index (κ3) is 6.66. The molecule has 144 valence electrons. The van der Waals surface area contributed by atoms with Crippen molar-refractivity contribution in [1.82, 2.24) is 16.0 Å². The first-order valence-electron chi connectivity index (χ1n) is 8.34. The largest absolute Gasteiger partial charge is 0.497 e. The molecule has 0 saturated carbocycles. The molecule has 0 heterocycles. The minimum atomic E-state index is -0.213. The molecule has 2 aromatic carbocycles. The summed E-state index contributed by atoms with van der Waals surface area (Å²) in [6, 6.07) is 12.6. The lowest BCUT2D eigenvalue weighted by Gasteiger charge is -2.13. The number of nitrogens with zero attached hydrogens (tertiary/aromatic N) is 1. The second-order valence-electron chi connectivity index (χ2n) is 5.59. The number of halogens is 2. The summed E-state index contributed by atoms with van der Waals surface area (Å²) in [6.07, 6.45) is 0. The third-order valence-electron chi connectivity index (χ3n) is 3.70. The quantitative estimate of drug-likeness (QED) is 0.373. The average molecular weight is 409 g/mol. The van der Waals surface area contributed by atoms with E-state index in [4.69, 9.17) is 27.9 Å². The van der Waals surface area contributed by atoms with Crippen LogP contribution in [0.1, 0.15) is 15.9 Å². The summed E-state index contributed by atoms with van der Waals surface area (Å²) in [6.45, 7) is 1.55. The third-order valence-corrected chi connectivity index (χ3v) is 4.44. The van der Waals surface area contributed by atoms with Crippen LogP contribution >= 0.6 is 23.2 Å². The number of amides is 1. The Balaban J connectivity index is 1.74. The number of carbonyl (C=O) groups excluding carboxylic acids is 1. The van der Waals surface area contributed by atoms with Crippen molar-refractivity contribution < 1.29 is 9.53 Å². The Hall–Kier alpha value is -2.44. The van der Waals surface area contributed by atoms with Crippen LogP contribution in [0.25, 0.3) is 0 Å². The molecule has 2 rings (SSSR count). The molecule has 2 aromatic rings. The molecule has 0 radical (unpaired) electrons. The highest BCUT2D eigenvalue weighted by molar-refractivity contribution is 6.42. The summed E-state index contributed by atoms with van der Waals surface area (Å²) >= 11 is 11.8. The van der Waals surface area contributed by atoms with E-state index >= 15 is 0 Å². The average Bonchev–Trinajstić information content (AvgIpc) is 2.69. The molecular formula is C19H22Cl2N4O2. The predicted octanol–water partition coefficient (Wildman–Crippen LogP) is 3.10. The van der Waals surface area contributed by atoms with Gasteiger partial charge in [0.1, 0.15) is 5.75 Å². The molecule has 3 N–H and O–H groups in total. The molecule has 0 unspecified atom stereocenters. The Kier molecular flexibility index (Phi) is 8.23. The maximum absolute atomic E-state index is 12.1. The van der Waals surface area contributed by atoms with Gasteiger partial charge in [-0.15, -0.1) is 0 Å². The first kappa shape index (κ1) is 20.9. The van der Waals surface area contributed by atoms with Gasteiger partial charge in [0.2, 0.25) is 0 Å². The van der Waals surface area contributed by atoms with Crippen molar-refractivity contribution in [2.24, 2.45) is 4.99 Å². The fourth-order valence-electron chi connectivity index (χ4n) is 2.29. The maximum Gasteiger partial charge on any atom is 0.251 e. The van der Waals surface area contributed by atoms with Gasteiger partial charge in [-0.1, -0.05) is 35.3 Å². The fraction of sp³-hybridized carbons (Fsp3) is 0.263. The highest BCUT2D eigenvalue weighted by Crippen LogP contribution is 2.22. The van der Waals surface area contributed by atoms with Gasteiger partial charge in [-0.2, -0.15) is 0 Å². The number of rotatable bonds is 7. The van der Waals surface area contributed by atoms with Gasteiger partial charge in [0.05, 0.1) is 17.2 Å². The van der Waals surface area contributed by atoms with E-state index < -0.39 is 0 Å². The molecule has 0 fully saturated rings. The zero-order valence-corrected chi connectivity index (χ0v) is 16.7. The first-order valence-corrected chi connectivity index (χ1v) is 9.09. The van der Waals surface area contributed by atoms with E-state index in [-0.39, 0.29) is 5.91 Å². The lowest BCUT2D eigenvalue weighted by Crippen LogP contribution is -2.41. The molecular weight excluding hydrogens is 387 g/mol. The van der Waals surface area contributed by atoms with Crippen LogP contribution in [0.2, 0.25) is 10.0 Å². The Morgan fingerprint density at radius 1 is 1.04 bits per heavy atom. The standard InChI is InChI=1S/C19H22Cl2N4O2/c1-22-19(25-12-13-4-3-5-15(10-13)27-2)24-9-8-23-18(26)14-6-7-16(20)17(21)11-14/h3-7,10-11H,8-9,12H2,1-2H3,(H,23,26)(H2,22,24,25). The number of hydrogen-bond donors (Lipinski definition) is 3. The maximum atomic E-state index is 12.1. The van der Waals surface area contributed by atoms with Crippen LogP contribution in [0.15, 0.2) is 47.5 Å². The van der Waals surface area contributed by atoms with Crippen LogP contribution in [0.3, 0.4) is 0 Å². The van der Waals surface area contributed by atoms with Gasteiger partial charge in [0.15, 0.2) is 5.96 Å². The normalized spacial score (nSPS) is 11.0. The number of benzene rings is 2. The number of nitrogens with one attached hydrogen (secondary N) is 3. The van der Waals surface area contributed by atoms with Gasteiger partial charge >= 0.3 is 0 Å². The number of ether oxygens (including phenoxy) is 1. The van der Waals surface area contributed by atoms with Gasteiger partial charge in [0, 0.05) is 32.2 Å². The van der Waals surface area contributed by atoms with Crippen LogP contribution < -0.4 is 20.7 Å². The monoisotopic (exact) mass is 408 g/mol. The SMILES string of the molecule is CN=C(NCCNC(=O)c1ccc(Cl)c(Cl)c1)NCc1cccc(OC)c1. The van der Waals surface area contributed by atoms with Crippen LogP contribution in [-0.4, -0.2) is 39.1 Å². The molecule has 0 aliphatic carbocycles. The van der Waals surface area contributed by atoms with Crippen molar-refractivity contribution in [3.05, 3.63) is 63.6 Å². The minimum absolute atomic E-state index is 0.213. The summed E-state index contributed by atoms with van der Waals surface area (Å²) in [4.78, 5) is 16.3. The van der Waals surface area contributed by atoms with Crippen molar-refractivity contribution >= 4 is 35.1 Å². The molecule has 0 aromatic heterocycles. The first-order chi connectivity index (χ1) is 13.0. The molecule has 0 spiro atoms. The molecule has 6 nitrogen and oxygen atoms in total. The van der Waals surface area contributed by atoms with Gasteiger partial charge in [0.25, 0.3) is 5.91 Å². The van der Waals surface area contributed by atoms with Crippen molar-refractivity contribution in [1.29, 1.82) is 0 Å². The van der Waals surface area contributed by atoms with Gasteiger partial charge in [-0.3, -0.25) is 9.79 Å². The Bertz CT molecular complexity index is 812. The molecule has 1 amide bonds. The minimum Gasteiger partial charge on any atom is -0.497 e. The van der Waals surface area contributed by atoms with Crippen LogP contribution in [-0.2, 0) is 6.54 Å². The van der Waals surface area contributed by atoms with Gasteiger partial charge < -0.3 is 20.7 Å². The number of carbonyl (C=O) groups is 1. The van der Waals surface area contributed by atoms with Gasteiger partial charge in [-0.25, -0.2) is 0 Å². The lowest BCUT2D eigenvalue weighted by molar-refractivity contribution is 0.0954. The van der Waals surface area contributed by atoms with E-state index in [1.54, 1.807) is 32.4 Å². The number of guanidine groups is 1. The molecule has 0 aliphatic rings. The summed E-state index contributed by atoms with van der Waals surface area (Å²) < 4.78 is 5.21. The molecule has 0 aliphatic heterocycles. The van der Waals surface area contributed by atoms with E-state index in [1.165, 1.54) is 0 Å². The van der Waals surface area contributed by atoms with E-state index in [2.05, 4.69) is 20.9 Å². The lowest BCUT2D eigenvalue weighted by atomic mass is 10.2. The number of aliphatic imine (C=N–C) groups is 1. The van der Waals surface area contributed by atoms with Crippen LogP contribution in [0.4, 0.5) is 0 Å². The van der Waals surface area contributed by atoms with Crippen LogP contribution in [0.5, 0.6) is 5.75 Å². The zero-order chi connectivity index (χ0) is 19.6. The van der Waals surface area contributed by atoms with E-state index in [0.29, 0.717) is 41.2 Å². The second kappa shape index (κ2) is 10.6. The highest BCUT2D eigenvalue weighted by Gasteiger charge is 2.07. The van der Waals surface area contributed by atoms with Crippen molar-refractivity contribution in [2.75, 3.05) is 27.2 Å². The Labute approximate surface area is 168 Å². The number of hydrogen-bond acceptors (Lipinski definition) is 3. The van der Waals surface area contributed by atoms with E-state index in [1.807, 2.05) is 24.3 Å². The molecule has 0 bridgehead atoms. The summed E-state index contributed by atoms with van der Waals surface area (Å²) in [5, 5.41) is 9.93. The second-order valence-corrected chi connectivity index (χ2v) is 6.40. The zero-order valence-electron chi connectivity index (χ0n) is 15.2. The highest BCUT2D eigenvalue weighted by atomic mass is 35.5. The van der Waals surface area contributed by atoms with Crippen molar-refractivity contribution in [3.8, 4) is 5.75 Å². The summed E-state index contributed by atoms with van der Waals surface area (Å²) in [7, 11) is 3.33. The van der Waals surface area contributed by atoms with E-state index in [9.17, 15) is 4.79 Å². The van der Waals surface area contributed by atoms with Crippen molar-refractivity contribution in [3.63, 3.8) is 0 Å². The van der Waals surface area contributed by atoms with Crippen LogP contribution in [0, 0.1) is 0 Å². The van der Waals surface area contributed by atoms with Gasteiger partial charge in [-0.05, 0) is 35.9 Å². The number of methoxy groups -OCH3 is 1. The topological polar surface area (TPSA) is 74.8 Å². The summed E-state index contributed by atoms with van der Waals surface area (Å²) in [5.41, 5.74) is 1.54. The fourth-order valence-corrected chi connectivity index (χ4v) is 2.58. The molecule has 0 atom stereocenters. The Morgan fingerprint density at radius 3 is 2.52 bits per heavy atom. The van der Waals surface area contributed by atoms with E-state index in [0.717, 1.165) is 11.3 Å². The summed E-state index contributed by atoms with van der Waals surface area (Å²) in [5.74, 6) is 1.23. The Morgan fingerprint density at radius 2 is 1.81 bits per heavy atom. The molecule has 27 heavy (non-hydrogen) atoms. The molecule has 8 heteroatoms. The smallest absolute Gasteiger partial charge is 0.251 e.